The molecular formula is C12H21O3P. The van der Waals surface area contributed by atoms with Crippen LogP contribution in [0.1, 0.15) is 20.3 Å². The minimum absolute atomic E-state index is 0.394. The SMILES string of the molecule is C=CCP(C)OCCC(C)(C)OC(=O)C=C. The van der Waals surface area contributed by atoms with E-state index in [9.17, 15) is 4.79 Å². The largest absolute Gasteiger partial charge is 0.456 e. The summed E-state index contributed by atoms with van der Waals surface area (Å²) in [6.45, 7) is 13.4. The van der Waals surface area contributed by atoms with Crippen molar-refractivity contribution in [3.05, 3.63) is 25.3 Å². The second-order valence-electron chi connectivity index (χ2n) is 4.07. The number of carbonyl (C=O) groups is 1. The summed E-state index contributed by atoms with van der Waals surface area (Å²) >= 11 is 0. The molecule has 0 saturated heterocycles. The van der Waals surface area contributed by atoms with Gasteiger partial charge in [-0.25, -0.2) is 4.79 Å². The van der Waals surface area contributed by atoms with Crippen molar-refractivity contribution in [3.63, 3.8) is 0 Å². The molecule has 1 atom stereocenters. The summed E-state index contributed by atoms with van der Waals surface area (Å²) in [6, 6.07) is 0. The minimum atomic E-state index is -0.504. The van der Waals surface area contributed by atoms with E-state index in [-0.39, 0.29) is 0 Å². The first-order valence-corrected chi connectivity index (χ1v) is 7.11. The third-order valence-corrected chi connectivity index (χ3v) is 3.34. The third-order valence-electron chi connectivity index (χ3n) is 1.95. The minimum Gasteiger partial charge on any atom is -0.456 e. The van der Waals surface area contributed by atoms with E-state index in [2.05, 4.69) is 19.8 Å². The van der Waals surface area contributed by atoms with Crippen LogP contribution in [0.2, 0.25) is 0 Å². The summed E-state index contributed by atoms with van der Waals surface area (Å²) in [4.78, 5) is 11.0. The molecule has 0 fully saturated rings. The summed E-state index contributed by atoms with van der Waals surface area (Å²) < 4.78 is 10.8. The fourth-order valence-electron chi connectivity index (χ4n) is 1.05. The molecule has 0 N–H and O–H groups in total. The van der Waals surface area contributed by atoms with E-state index in [0.717, 1.165) is 6.16 Å². The summed E-state index contributed by atoms with van der Waals surface area (Å²) in [6.07, 6.45) is 4.60. The van der Waals surface area contributed by atoms with Gasteiger partial charge in [-0.2, -0.15) is 0 Å². The van der Waals surface area contributed by atoms with Crippen LogP contribution in [0.25, 0.3) is 0 Å². The van der Waals surface area contributed by atoms with Crippen LogP contribution in [0.4, 0.5) is 0 Å². The first kappa shape index (κ1) is 15.3. The molecule has 0 aromatic rings. The fourth-order valence-corrected chi connectivity index (χ4v) is 1.92. The lowest BCUT2D eigenvalue weighted by Crippen LogP contribution is -2.28. The Kier molecular flexibility index (Phi) is 7.27. The maximum Gasteiger partial charge on any atom is 0.330 e. The molecule has 16 heavy (non-hydrogen) atoms. The maximum absolute atomic E-state index is 11.0. The first-order chi connectivity index (χ1) is 7.41. The first-order valence-electron chi connectivity index (χ1n) is 5.21. The van der Waals surface area contributed by atoms with Gasteiger partial charge in [0.1, 0.15) is 5.60 Å². The normalized spacial score (nSPS) is 12.9. The smallest absolute Gasteiger partial charge is 0.330 e. The lowest BCUT2D eigenvalue weighted by atomic mass is 10.1. The Morgan fingerprint density at radius 3 is 2.56 bits per heavy atom. The molecular weight excluding hydrogens is 223 g/mol. The zero-order chi connectivity index (χ0) is 12.6. The quantitative estimate of drug-likeness (QED) is 0.285. The van der Waals surface area contributed by atoms with E-state index in [1.165, 1.54) is 6.08 Å². The number of hydrogen-bond acceptors (Lipinski definition) is 3. The highest BCUT2D eigenvalue weighted by atomic mass is 31.1. The second kappa shape index (κ2) is 7.59. The molecule has 0 heterocycles. The van der Waals surface area contributed by atoms with Gasteiger partial charge in [-0.05, 0) is 20.5 Å². The summed E-state index contributed by atoms with van der Waals surface area (Å²) in [5, 5.41) is 0. The van der Waals surface area contributed by atoms with Gasteiger partial charge in [0, 0.05) is 26.8 Å². The number of carbonyl (C=O) groups excluding carboxylic acids is 1. The van der Waals surface area contributed by atoms with Gasteiger partial charge >= 0.3 is 5.97 Å². The van der Waals surface area contributed by atoms with Crippen molar-refractivity contribution in [3.8, 4) is 0 Å². The van der Waals surface area contributed by atoms with E-state index >= 15 is 0 Å². The van der Waals surface area contributed by atoms with Gasteiger partial charge in [0.2, 0.25) is 0 Å². The van der Waals surface area contributed by atoms with E-state index in [1.54, 1.807) is 0 Å². The van der Waals surface area contributed by atoms with Crippen LogP contribution >= 0.6 is 8.15 Å². The highest BCUT2D eigenvalue weighted by Crippen LogP contribution is 2.32. The van der Waals surface area contributed by atoms with Crippen LogP contribution in [0.5, 0.6) is 0 Å². The number of allylic oxidation sites excluding steroid dienone is 1. The molecule has 1 unspecified atom stereocenters. The van der Waals surface area contributed by atoms with Crippen molar-refractivity contribution < 1.29 is 14.1 Å². The molecule has 0 aliphatic carbocycles. The molecule has 0 spiro atoms. The zero-order valence-electron chi connectivity index (χ0n) is 10.4. The Labute approximate surface area is 99.3 Å². The zero-order valence-corrected chi connectivity index (χ0v) is 11.3. The molecule has 0 amide bonds. The van der Waals surface area contributed by atoms with Gasteiger partial charge in [-0.15, -0.1) is 6.58 Å². The Balaban J connectivity index is 3.85. The van der Waals surface area contributed by atoms with Crippen molar-refractivity contribution in [1.29, 1.82) is 0 Å². The summed E-state index contributed by atoms with van der Waals surface area (Å²) in [5.41, 5.74) is -0.504. The van der Waals surface area contributed by atoms with Crippen LogP contribution in [0.15, 0.2) is 25.3 Å². The van der Waals surface area contributed by atoms with Crippen molar-refractivity contribution in [2.24, 2.45) is 0 Å². The third kappa shape index (κ3) is 7.61. The molecule has 3 nitrogen and oxygen atoms in total. The van der Waals surface area contributed by atoms with Gasteiger partial charge in [0.25, 0.3) is 0 Å². The molecule has 0 aromatic heterocycles. The molecule has 0 bridgehead atoms. The molecule has 0 aromatic carbocycles. The van der Waals surface area contributed by atoms with Crippen molar-refractivity contribution in [2.45, 2.75) is 25.9 Å². The molecule has 0 saturated carbocycles. The number of rotatable bonds is 8. The topological polar surface area (TPSA) is 35.5 Å². The van der Waals surface area contributed by atoms with Crippen LogP contribution in [0.3, 0.4) is 0 Å². The molecule has 0 aliphatic rings. The lowest BCUT2D eigenvalue weighted by molar-refractivity contribution is -0.151. The lowest BCUT2D eigenvalue weighted by Gasteiger charge is -2.24. The highest BCUT2D eigenvalue weighted by molar-refractivity contribution is 7.51. The predicted molar refractivity (Wildman–Crippen MR) is 68.8 cm³/mol. The van der Waals surface area contributed by atoms with Crippen molar-refractivity contribution >= 4 is 14.1 Å². The summed E-state index contributed by atoms with van der Waals surface area (Å²) in [5.74, 6) is -0.394. The van der Waals surface area contributed by atoms with Gasteiger partial charge in [0.15, 0.2) is 0 Å². The summed E-state index contributed by atoms with van der Waals surface area (Å²) in [7, 11) is -0.436. The van der Waals surface area contributed by atoms with Gasteiger partial charge in [-0.3, -0.25) is 0 Å². The Morgan fingerprint density at radius 2 is 2.06 bits per heavy atom. The molecule has 92 valence electrons. The van der Waals surface area contributed by atoms with Gasteiger partial charge in [0.05, 0.1) is 6.61 Å². The van der Waals surface area contributed by atoms with Crippen LogP contribution in [-0.4, -0.2) is 31.0 Å². The number of hydrogen-bond donors (Lipinski definition) is 0. The van der Waals surface area contributed by atoms with Crippen LogP contribution < -0.4 is 0 Å². The monoisotopic (exact) mass is 244 g/mol. The second-order valence-corrected chi connectivity index (χ2v) is 5.95. The molecule has 0 radical (unpaired) electrons. The average molecular weight is 244 g/mol. The van der Waals surface area contributed by atoms with Crippen LogP contribution in [-0.2, 0) is 14.1 Å². The molecule has 0 rings (SSSR count). The Bertz CT molecular complexity index is 249. The van der Waals surface area contributed by atoms with E-state index in [1.807, 2.05) is 19.9 Å². The van der Waals surface area contributed by atoms with Gasteiger partial charge in [-0.1, -0.05) is 12.7 Å². The van der Waals surface area contributed by atoms with E-state index < -0.39 is 19.7 Å². The number of esters is 1. The highest BCUT2D eigenvalue weighted by Gasteiger charge is 2.21. The van der Waals surface area contributed by atoms with Crippen molar-refractivity contribution in [1.82, 2.24) is 0 Å². The van der Waals surface area contributed by atoms with E-state index in [4.69, 9.17) is 9.26 Å². The van der Waals surface area contributed by atoms with Crippen molar-refractivity contribution in [2.75, 3.05) is 19.4 Å². The molecule has 4 heteroatoms. The number of ether oxygens (including phenoxy) is 1. The Morgan fingerprint density at radius 1 is 1.44 bits per heavy atom. The average Bonchev–Trinajstić information content (AvgIpc) is 2.16. The van der Waals surface area contributed by atoms with Gasteiger partial charge < -0.3 is 9.26 Å². The maximum atomic E-state index is 11.0. The standard InChI is InChI=1S/C12H21O3P/c1-6-10-16(5)14-9-8-12(3,4)15-11(13)7-2/h6-7H,1-2,8-10H2,3-5H3. The Hall–Kier alpha value is -0.660. The molecule has 0 aliphatic heterocycles. The van der Waals surface area contributed by atoms with E-state index in [0.29, 0.717) is 13.0 Å². The van der Waals surface area contributed by atoms with Crippen LogP contribution in [0, 0.1) is 0 Å². The fraction of sp³-hybridized carbons (Fsp3) is 0.583. The predicted octanol–water partition coefficient (Wildman–Crippen LogP) is 3.11.